The van der Waals surface area contributed by atoms with Crippen molar-refractivity contribution in [2.45, 2.75) is 77.9 Å². The molecule has 2 unspecified atom stereocenters. The Hall–Kier alpha value is -1.13. The van der Waals surface area contributed by atoms with E-state index in [1.807, 2.05) is 12.3 Å². The second-order valence-electron chi connectivity index (χ2n) is 7.08. The van der Waals surface area contributed by atoms with Crippen LogP contribution in [0.4, 0.5) is 0 Å². The molecule has 118 valence electrons. The number of nitrogens with zero attached hydrogens (tertiary/aromatic N) is 1. The predicted octanol–water partition coefficient (Wildman–Crippen LogP) is 3.30. The molecule has 0 aliphatic carbocycles. The lowest BCUT2D eigenvalue weighted by atomic mass is 10.0. The van der Waals surface area contributed by atoms with Gasteiger partial charge in [0.25, 0.3) is 0 Å². The van der Waals surface area contributed by atoms with E-state index in [9.17, 15) is 0 Å². The summed E-state index contributed by atoms with van der Waals surface area (Å²) in [7, 11) is 0. The fourth-order valence-electron chi connectivity index (χ4n) is 2.56. The number of nitrogens with one attached hydrogen (secondary N) is 1. The summed E-state index contributed by atoms with van der Waals surface area (Å²) in [5.74, 6) is 0.709. The van der Waals surface area contributed by atoms with Crippen LogP contribution < -0.4 is 10.1 Å². The number of rotatable bonds is 4. The van der Waals surface area contributed by atoms with Crippen LogP contribution in [-0.2, 0) is 11.3 Å². The Morgan fingerprint density at radius 2 is 1.90 bits per heavy atom. The van der Waals surface area contributed by atoms with Crippen LogP contribution in [0, 0.1) is 0 Å². The van der Waals surface area contributed by atoms with Gasteiger partial charge in [-0.3, -0.25) is 0 Å². The first-order valence-corrected chi connectivity index (χ1v) is 7.84. The molecule has 21 heavy (non-hydrogen) atoms. The molecule has 0 bridgehead atoms. The molecule has 4 heteroatoms. The van der Waals surface area contributed by atoms with E-state index >= 15 is 0 Å². The molecule has 0 amide bonds. The van der Waals surface area contributed by atoms with Crippen LogP contribution in [0.2, 0.25) is 0 Å². The quantitative estimate of drug-likeness (QED) is 0.924. The molecule has 2 heterocycles. The Morgan fingerprint density at radius 1 is 1.24 bits per heavy atom. The minimum absolute atomic E-state index is 0.115. The summed E-state index contributed by atoms with van der Waals surface area (Å²) < 4.78 is 11.7. The Morgan fingerprint density at radius 3 is 2.43 bits per heavy atom. The highest BCUT2D eigenvalue weighted by atomic mass is 16.5. The normalized spacial score (nSPS) is 26.6. The molecule has 1 aromatic rings. The van der Waals surface area contributed by atoms with E-state index < -0.39 is 0 Å². The fourth-order valence-corrected chi connectivity index (χ4v) is 2.56. The zero-order chi connectivity index (χ0) is 15.5. The van der Waals surface area contributed by atoms with Gasteiger partial charge in [-0.2, -0.15) is 0 Å². The number of pyridine rings is 1. The van der Waals surface area contributed by atoms with E-state index in [2.05, 4.69) is 51.0 Å². The summed E-state index contributed by atoms with van der Waals surface area (Å²) in [6, 6.07) is 4.04. The Balaban J connectivity index is 1.87. The van der Waals surface area contributed by atoms with Crippen LogP contribution in [0.3, 0.4) is 0 Å². The van der Waals surface area contributed by atoms with Crippen LogP contribution >= 0.6 is 0 Å². The van der Waals surface area contributed by atoms with E-state index in [1.54, 1.807) is 0 Å². The smallest absolute Gasteiger partial charge is 0.213 e. The number of aromatic nitrogens is 1. The molecular formula is C17H28N2O2. The first-order chi connectivity index (χ1) is 9.82. The molecule has 0 spiro atoms. The Bertz CT molecular complexity index is 429. The largest absolute Gasteiger partial charge is 0.474 e. The molecule has 1 saturated heterocycles. The van der Waals surface area contributed by atoms with Crippen molar-refractivity contribution in [3.05, 3.63) is 23.9 Å². The molecule has 2 rings (SSSR count). The average molecular weight is 292 g/mol. The molecule has 2 atom stereocenters. The van der Waals surface area contributed by atoms with Crippen molar-refractivity contribution in [1.82, 2.24) is 10.3 Å². The number of hydrogen-bond acceptors (Lipinski definition) is 4. The summed E-state index contributed by atoms with van der Waals surface area (Å²) in [5.41, 5.74) is 1.29. The number of hydrogen-bond donors (Lipinski definition) is 1. The second-order valence-corrected chi connectivity index (χ2v) is 7.08. The van der Waals surface area contributed by atoms with E-state index in [0.29, 0.717) is 5.88 Å². The maximum absolute atomic E-state index is 5.99. The van der Waals surface area contributed by atoms with Crippen LogP contribution in [-0.4, -0.2) is 28.8 Å². The van der Waals surface area contributed by atoms with Crippen LogP contribution in [0.25, 0.3) is 0 Å². The van der Waals surface area contributed by atoms with Crippen molar-refractivity contribution in [2.24, 2.45) is 0 Å². The van der Waals surface area contributed by atoms with E-state index in [1.165, 1.54) is 5.56 Å². The Labute approximate surface area is 128 Å². The first-order valence-electron chi connectivity index (χ1n) is 7.84. The first kappa shape index (κ1) is 16.2. The third-order valence-electron chi connectivity index (χ3n) is 3.56. The third kappa shape index (κ3) is 5.64. The SMILES string of the molecule is CC1CC(Oc2ccc(CNC(C)(C)C)cn2)CC(C)O1. The minimum Gasteiger partial charge on any atom is -0.474 e. The molecule has 1 aliphatic rings. The Kier molecular flexibility index (Phi) is 5.22. The lowest BCUT2D eigenvalue weighted by molar-refractivity contribution is -0.0729. The van der Waals surface area contributed by atoms with Gasteiger partial charge in [0.05, 0.1) is 12.2 Å². The van der Waals surface area contributed by atoms with Gasteiger partial charge in [-0.1, -0.05) is 6.07 Å². The number of ether oxygens (including phenoxy) is 2. The van der Waals surface area contributed by atoms with E-state index in [-0.39, 0.29) is 23.9 Å². The van der Waals surface area contributed by atoms with Crippen LogP contribution in [0.1, 0.15) is 53.0 Å². The molecule has 0 radical (unpaired) electrons. The zero-order valence-electron chi connectivity index (χ0n) is 13.8. The highest BCUT2D eigenvalue weighted by Gasteiger charge is 2.26. The standard InChI is InChI=1S/C17H28N2O2/c1-12-8-15(9-13(2)20-12)21-16-7-6-14(10-18-16)11-19-17(3,4)5/h6-7,10,12-13,15,19H,8-9,11H2,1-5H3. The van der Waals surface area contributed by atoms with Crippen molar-refractivity contribution in [3.8, 4) is 5.88 Å². The molecule has 4 nitrogen and oxygen atoms in total. The van der Waals surface area contributed by atoms with Gasteiger partial charge in [0.15, 0.2) is 0 Å². The fraction of sp³-hybridized carbons (Fsp3) is 0.706. The molecular weight excluding hydrogens is 264 g/mol. The zero-order valence-corrected chi connectivity index (χ0v) is 13.8. The van der Waals surface area contributed by atoms with Gasteiger partial charge in [-0.05, 0) is 40.2 Å². The lowest BCUT2D eigenvalue weighted by Crippen LogP contribution is -2.36. The van der Waals surface area contributed by atoms with E-state index in [0.717, 1.165) is 19.4 Å². The summed E-state index contributed by atoms with van der Waals surface area (Å²) in [6.45, 7) is 11.5. The van der Waals surface area contributed by atoms with Gasteiger partial charge in [0, 0.05) is 37.2 Å². The summed E-state index contributed by atoms with van der Waals surface area (Å²) in [5, 5.41) is 3.45. The molecule has 1 fully saturated rings. The highest BCUT2D eigenvalue weighted by Crippen LogP contribution is 2.23. The van der Waals surface area contributed by atoms with Gasteiger partial charge < -0.3 is 14.8 Å². The van der Waals surface area contributed by atoms with Gasteiger partial charge in [0.1, 0.15) is 6.10 Å². The molecule has 1 N–H and O–H groups in total. The maximum atomic E-state index is 5.99. The van der Waals surface area contributed by atoms with Crippen molar-refractivity contribution >= 4 is 0 Å². The van der Waals surface area contributed by atoms with Gasteiger partial charge in [0.2, 0.25) is 5.88 Å². The molecule has 0 aromatic carbocycles. The average Bonchev–Trinajstić information content (AvgIpc) is 2.36. The third-order valence-corrected chi connectivity index (χ3v) is 3.56. The van der Waals surface area contributed by atoms with Crippen LogP contribution in [0.5, 0.6) is 5.88 Å². The molecule has 0 saturated carbocycles. The summed E-state index contributed by atoms with van der Waals surface area (Å²) in [4.78, 5) is 4.42. The molecule has 1 aromatic heterocycles. The van der Waals surface area contributed by atoms with Crippen molar-refractivity contribution in [1.29, 1.82) is 0 Å². The second kappa shape index (κ2) is 6.75. The topological polar surface area (TPSA) is 43.4 Å². The maximum Gasteiger partial charge on any atom is 0.213 e. The van der Waals surface area contributed by atoms with Crippen molar-refractivity contribution in [2.75, 3.05) is 0 Å². The molecule has 1 aliphatic heterocycles. The van der Waals surface area contributed by atoms with Gasteiger partial charge in [-0.15, -0.1) is 0 Å². The van der Waals surface area contributed by atoms with E-state index in [4.69, 9.17) is 9.47 Å². The highest BCUT2D eigenvalue weighted by molar-refractivity contribution is 5.18. The van der Waals surface area contributed by atoms with Gasteiger partial charge in [-0.25, -0.2) is 4.98 Å². The summed E-state index contributed by atoms with van der Waals surface area (Å²) in [6.07, 6.45) is 4.47. The summed E-state index contributed by atoms with van der Waals surface area (Å²) >= 11 is 0. The predicted molar refractivity (Wildman–Crippen MR) is 84.5 cm³/mol. The van der Waals surface area contributed by atoms with Gasteiger partial charge >= 0.3 is 0 Å². The minimum atomic E-state index is 0.115. The lowest BCUT2D eigenvalue weighted by Gasteiger charge is -2.31. The van der Waals surface area contributed by atoms with Crippen LogP contribution in [0.15, 0.2) is 18.3 Å². The monoisotopic (exact) mass is 292 g/mol. The van der Waals surface area contributed by atoms with Crippen molar-refractivity contribution in [3.63, 3.8) is 0 Å². The van der Waals surface area contributed by atoms with Crippen molar-refractivity contribution < 1.29 is 9.47 Å².